The number of halogens is 1. The molecular weight excluding hydrogens is 415 g/mol. The first kappa shape index (κ1) is 26.2. The molecule has 0 bridgehead atoms. The highest BCUT2D eigenvalue weighted by Gasteiger charge is 2.12. The van der Waals surface area contributed by atoms with Gasteiger partial charge in [-0.2, -0.15) is 0 Å². The van der Waals surface area contributed by atoms with Crippen LogP contribution in [-0.4, -0.2) is 63.3 Å². The first-order valence-electron chi connectivity index (χ1n) is 9.37. The molecule has 0 spiro atoms. The van der Waals surface area contributed by atoms with Gasteiger partial charge in [-0.25, -0.2) is 0 Å². The Morgan fingerprint density at radius 1 is 1.04 bits per heavy atom. The topological polar surface area (TPSA) is 48.9 Å². The van der Waals surface area contributed by atoms with Crippen molar-refractivity contribution in [3.8, 4) is 0 Å². The molecule has 0 aromatic heterocycles. The lowest BCUT2D eigenvalue weighted by molar-refractivity contribution is 0.0258. The summed E-state index contributed by atoms with van der Waals surface area (Å²) in [5, 5.41) is 6.78. The van der Waals surface area contributed by atoms with Gasteiger partial charge in [0.15, 0.2) is 5.96 Å². The van der Waals surface area contributed by atoms with Gasteiger partial charge in [-0.15, -0.1) is 24.0 Å². The van der Waals surface area contributed by atoms with Gasteiger partial charge < -0.3 is 20.3 Å². The molecule has 6 heteroatoms. The third-order valence-corrected chi connectivity index (χ3v) is 4.16. The first-order chi connectivity index (χ1) is 11.1. The second-order valence-corrected chi connectivity index (χ2v) is 6.19. The van der Waals surface area contributed by atoms with E-state index in [4.69, 9.17) is 4.74 Å². The fourth-order valence-corrected chi connectivity index (χ4v) is 2.58. The zero-order valence-electron chi connectivity index (χ0n) is 16.7. The average Bonchev–Trinajstić information content (AvgIpc) is 2.55. The quantitative estimate of drug-likeness (QED) is 0.193. The van der Waals surface area contributed by atoms with E-state index in [1.54, 1.807) is 0 Å². The van der Waals surface area contributed by atoms with E-state index in [1.807, 2.05) is 7.05 Å². The fraction of sp³-hybridized carbons (Fsp3) is 0.944. The second-order valence-electron chi connectivity index (χ2n) is 6.19. The normalized spacial score (nSPS) is 13.1. The minimum Gasteiger partial charge on any atom is -0.378 e. The van der Waals surface area contributed by atoms with Crippen LogP contribution in [0.4, 0.5) is 0 Å². The molecule has 0 saturated heterocycles. The lowest BCUT2D eigenvalue weighted by atomic mass is 10.0. The summed E-state index contributed by atoms with van der Waals surface area (Å²) in [6.45, 7) is 17.0. The average molecular weight is 456 g/mol. The van der Waals surface area contributed by atoms with Gasteiger partial charge >= 0.3 is 0 Å². The van der Waals surface area contributed by atoms with E-state index >= 15 is 0 Å². The molecule has 1 atom stereocenters. The standard InChI is InChI=1S/C18H40N4O.HI/c1-7-22(8-2)15-11-10-13-20-18(19-6)21-14-12-17(16(4)5)23-9-3;/h16-17H,7-15H2,1-6H3,(H2,19,20,21);1H. The van der Waals surface area contributed by atoms with Gasteiger partial charge in [-0.3, -0.25) is 4.99 Å². The van der Waals surface area contributed by atoms with Crippen LogP contribution >= 0.6 is 24.0 Å². The van der Waals surface area contributed by atoms with Gasteiger partial charge in [0.2, 0.25) is 0 Å². The van der Waals surface area contributed by atoms with Gasteiger partial charge in [-0.05, 0) is 51.7 Å². The molecule has 1 unspecified atom stereocenters. The van der Waals surface area contributed by atoms with Crippen molar-refractivity contribution in [2.24, 2.45) is 10.9 Å². The summed E-state index contributed by atoms with van der Waals surface area (Å²) < 4.78 is 5.77. The smallest absolute Gasteiger partial charge is 0.190 e. The molecule has 0 aliphatic carbocycles. The first-order valence-corrected chi connectivity index (χ1v) is 9.37. The molecule has 24 heavy (non-hydrogen) atoms. The number of guanidine groups is 1. The van der Waals surface area contributed by atoms with Gasteiger partial charge in [-0.1, -0.05) is 27.7 Å². The summed E-state index contributed by atoms with van der Waals surface area (Å²) in [7, 11) is 1.83. The highest BCUT2D eigenvalue weighted by atomic mass is 127. The molecule has 0 radical (unpaired) electrons. The van der Waals surface area contributed by atoms with E-state index in [2.05, 4.69) is 55.1 Å². The number of unbranched alkanes of at least 4 members (excludes halogenated alkanes) is 1. The van der Waals surface area contributed by atoms with Crippen molar-refractivity contribution in [3.63, 3.8) is 0 Å². The number of ether oxygens (including phenoxy) is 1. The van der Waals surface area contributed by atoms with E-state index < -0.39 is 0 Å². The number of aliphatic imine (C=N–C) groups is 1. The molecule has 0 heterocycles. The lowest BCUT2D eigenvalue weighted by Crippen LogP contribution is -2.39. The van der Waals surface area contributed by atoms with Crippen LogP contribution in [0.2, 0.25) is 0 Å². The van der Waals surface area contributed by atoms with Crippen molar-refractivity contribution in [3.05, 3.63) is 0 Å². The number of hydrogen-bond donors (Lipinski definition) is 2. The number of rotatable bonds is 13. The maximum absolute atomic E-state index is 5.77. The minimum atomic E-state index is 0. The SMILES string of the molecule is CCOC(CCNC(=NC)NCCCCN(CC)CC)C(C)C.I. The Labute approximate surface area is 167 Å². The van der Waals surface area contributed by atoms with Crippen LogP contribution in [0.5, 0.6) is 0 Å². The van der Waals surface area contributed by atoms with E-state index in [1.165, 1.54) is 19.4 Å². The molecule has 0 rings (SSSR count). The summed E-state index contributed by atoms with van der Waals surface area (Å²) in [5.74, 6) is 1.44. The third-order valence-electron chi connectivity index (χ3n) is 4.16. The summed E-state index contributed by atoms with van der Waals surface area (Å²) in [5.41, 5.74) is 0. The molecule has 146 valence electrons. The predicted molar refractivity (Wildman–Crippen MR) is 117 cm³/mol. The molecule has 0 saturated carbocycles. The van der Waals surface area contributed by atoms with Crippen LogP contribution in [0, 0.1) is 5.92 Å². The molecule has 0 aliphatic heterocycles. The van der Waals surface area contributed by atoms with Crippen molar-refractivity contribution in [2.45, 2.75) is 60.0 Å². The minimum absolute atomic E-state index is 0. The summed E-state index contributed by atoms with van der Waals surface area (Å²) >= 11 is 0. The van der Waals surface area contributed by atoms with E-state index in [-0.39, 0.29) is 24.0 Å². The third kappa shape index (κ3) is 13.2. The van der Waals surface area contributed by atoms with E-state index in [0.29, 0.717) is 12.0 Å². The van der Waals surface area contributed by atoms with Crippen LogP contribution in [0.15, 0.2) is 4.99 Å². The summed E-state index contributed by atoms with van der Waals surface area (Å²) in [4.78, 5) is 6.75. The van der Waals surface area contributed by atoms with Crippen molar-refractivity contribution < 1.29 is 4.74 Å². The van der Waals surface area contributed by atoms with Crippen molar-refractivity contribution >= 4 is 29.9 Å². The van der Waals surface area contributed by atoms with Crippen LogP contribution < -0.4 is 10.6 Å². The molecule has 0 aliphatic rings. The largest absolute Gasteiger partial charge is 0.378 e. The Kier molecular flexibility index (Phi) is 19.3. The molecule has 0 aromatic carbocycles. The fourth-order valence-electron chi connectivity index (χ4n) is 2.58. The monoisotopic (exact) mass is 456 g/mol. The zero-order valence-corrected chi connectivity index (χ0v) is 19.1. The van der Waals surface area contributed by atoms with Crippen molar-refractivity contribution in [2.75, 3.05) is 46.4 Å². The Hall–Kier alpha value is -0.0800. The van der Waals surface area contributed by atoms with Gasteiger partial charge in [0.1, 0.15) is 0 Å². The Morgan fingerprint density at radius 2 is 1.67 bits per heavy atom. The number of nitrogens with zero attached hydrogens (tertiary/aromatic N) is 2. The van der Waals surface area contributed by atoms with Gasteiger partial charge in [0.25, 0.3) is 0 Å². The number of hydrogen-bond acceptors (Lipinski definition) is 3. The Bertz CT molecular complexity index is 297. The molecule has 0 aromatic rings. The second kappa shape index (κ2) is 17.7. The Balaban J connectivity index is 0. The molecule has 0 amide bonds. The molecule has 5 nitrogen and oxygen atoms in total. The zero-order chi connectivity index (χ0) is 17.5. The van der Waals surface area contributed by atoms with Crippen molar-refractivity contribution in [1.29, 1.82) is 0 Å². The van der Waals surface area contributed by atoms with E-state index in [9.17, 15) is 0 Å². The maximum Gasteiger partial charge on any atom is 0.190 e. The van der Waals surface area contributed by atoms with Crippen LogP contribution in [-0.2, 0) is 4.74 Å². The van der Waals surface area contributed by atoms with E-state index in [0.717, 1.165) is 45.2 Å². The lowest BCUT2D eigenvalue weighted by Gasteiger charge is -2.21. The van der Waals surface area contributed by atoms with Gasteiger partial charge in [0, 0.05) is 26.7 Å². The Morgan fingerprint density at radius 3 is 2.17 bits per heavy atom. The predicted octanol–water partition coefficient (Wildman–Crippen LogP) is 3.34. The molecule has 0 fully saturated rings. The molecular formula is C18H41IN4O. The number of nitrogens with one attached hydrogen (secondary N) is 2. The summed E-state index contributed by atoms with van der Waals surface area (Å²) in [6, 6.07) is 0. The van der Waals surface area contributed by atoms with Crippen LogP contribution in [0.25, 0.3) is 0 Å². The van der Waals surface area contributed by atoms with Crippen LogP contribution in [0.1, 0.15) is 53.9 Å². The highest BCUT2D eigenvalue weighted by Crippen LogP contribution is 2.09. The van der Waals surface area contributed by atoms with Gasteiger partial charge in [0.05, 0.1) is 6.10 Å². The summed E-state index contributed by atoms with van der Waals surface area (Å²) in [6.07, 6.45) is 3.73. The maximum atomic E-state index is 5.77. The highest BCUT2D eigenvalue weighted by molar-refractivity contribution is 14.0. The molecule has 2 N–H and O–H groups in total. The van der Waals surface area contributed by atoms with Crippen LogP contribution in [0.3, 0.4) is 0 Å². The van der Waals surface area contributed by atoms with Crippen molar-refractivity contribution in [1.82, 2.24) is 15.5 Å².